The Kier molecular flexibility index (Phi) is 4.51. The van der Waals surface area contributed by atoms with Crippen LogP contribution in [0.25, 0.3) is 0 Å². The summed E-state index contributed by atoms with van der Waals surface area (Å²) in [5, 5.41) is 8.72. The zero-order valence-corrected chi connectivity index (χ0v) is 10.6. The fourth-order valence-corrected chi connectivity index (χ4v) is 1.66. The molecular formula is C12H20FNO3. The molecule has 1 aliphatic heterocycles. The molecule has 0 bridgehead atoms. The van der Waals surface area contributed by atoms with Gasteiger partial charge in [-0.2, -0.15) is 0 Å². The normalized spacial score (nSPS) is 23.9. The van der Waals surface area contributed by atoms with Crippen molar-refractivity contribution in [1.82, 2.24) is 4.90 Å². The predicted octanol–water partition coefficient (Wildman–Crippen LogP) is 1.88. The number of aliphatic hydroxyl groups is 1. The molecule has 1 unspecified atom stereocenters. The van der Waals surface area contributed by atoms with Crippen molar-refractivity contribution >= 4 is 6.09 Å². The molecule has 5 heteroatoms. The molecule has 1 amide bonds. The van der Waals surface area contributed by atoms with Crippen LogP contribution in [-0.4, -0.2) is 47.6 Å². The van der Waals surface area contributed by atoms with Crippen molar-refractivity contribution in [2.24, 2.45) is 0 Å². The third kappa shape index (κ3) is 4.34. The average molecular weight is 245 g/mol. The molecule has 1 fully saturated rings. The molecule has 0 aromatic rings. The third-order valence-corrected chi connectivity index (χ3v) is 2.46. The number of hydrogen-bond donors (Lipinski definition) is 1. The van der Waals surface area contributed by atoms with Crippen LogP contribution in [0.3, 0.4) is 0 Å². The molecule has 0 saturated carbocycles. The number of nitrogens with zero attached hydrogens (tertiary/aromatic N) is 1. The maximum absolute atomic E-state index is 13.6. The first-order valence-electron chi connectivity index (χ1n) is 5.75. The van der Waals surface area contributed by atoms with Crippen LogP contribution in [-0.2, 0) is 4.74 Å². The highest BCUT2D eigenvalue weighted by molar-refractivity contribution is 5.68. The molecule has 0 aliphatic carbocycles. The Morgan fingerprint density at radius 3 is 2.76 bits per heavy atom. The Morgan fingerprint density at radius 1 is 1.65 bits per heavy atom. The molecule has 98 valence electrons. The number of piperidine rings is 1. The van der Waals surface area contributed by atoms with Crippen LogP contribution < -0.4 is 0 Å². The largest absolute Gasteiger partial charge is 0.444 e. The SMILES string of the molecule is CC(C)(C)OC(=O)N1CCC(=CCO)C(F)C1. The van der Waals surface area contributed by atoms with Gasteiger partial charge in [0.2, 0.25) is 0 Å². The van der Waals surface area contributed by atoms with E-state index in [9.17, 15) is 9.18 Å². The van der Waals surface area contributed by atoms with E-state index in [-0.39, 0.29) is 13.2 Å². The van der Waals surface area contributed by atoms with E-state index >= 15 is 0 Å². The predicted molar refractivity (Wildman–Crippen MR) is 62.5 cm³/mol. The lowest BCUT2D eigenvalue weighted by Gasteiger charge is -2.32. The van der Waals surface area contributed by atoms with Crippen LogP contribution >= 0.6 is 0 Å². The molecule has 17 heavy (non-hydrogen) atoms. The van der Waals surface area contributed by atoms with E-state index in [1.165, 1.54) is 11.0 Å². The van der Waals surface area contributed by atoms with E-state index in [2.05, 4.69) is 0 Å². The lowest BCUT2D eigenvalue weighted by atomic mass is 10.0. The topological polar surface area (TPSA) is 49.8 Å². The van der Waals surface area contributed by atoms with E-state index in [4.69, 9.17) is 9.84 Å². The lowest BCUT2D eigenvalue weighted by molar-refractivity contribution is 0.0184. The fraction of sp³-hybridized carbons (Fsp3) is 0.750. The van der Waals surface area contributed by atoms with E-state index in [1.54, 1.807) is 20.8 Å². The summed E-state index contributed by atoms with van der Waals surface area (Å²) in [5.41, 5.74) is -0.00305. The first-order valence-corrected chi connectivity index (χ1v) is 5.75. The number of carbonyl (C=O) groups is 1. The molecule has 0 aromatic carbocycles. The summed E-state index contributed by atoms with van der Waals surface area (Å²) >= 11 is 0. The van der Waals surface area contributed by atoms with E-state index in [0.29, 0.717) is 18.5 Å². The van der Waals surface area contributed by atoms with Crippen molar-refractivity contribution in [3.63, 3.8) is 0 Å². The van der Waals surface area contributed by atoms with Crippen molar-refractivity contribution in [2.45, 2.75) is 39.0 Å². The summed E-state index contributed by atoms with van der Waals surface area (Å²) in [6.07, 6.45) is 0.226. The monoisotopic (exact) mass is 245 g/mol. The van der Waals surface area contributed by atoms with Gasteiger partial charge in [-0.1, -0.05) is 6.08 Å². The van der Waals surface area contributed by atoms with Crippen LogP contribution in [0.15, 0.2) is 11.6 Å². The average Bonchev–Trinajstić information content (AvgIpc) is 2.18. The van der Waals surface area contributed by atoms with Gasteiger partial charge in [-0.05, 0) is 32.8 Å². The summed E-state index contributed by atoms with van der Waals surface area (Å²) in [4.78, 5) is 13.1. The minimum absolute atomic E-state index is 0.000741. The molecule has 1 atom stereocenters. The molecule has 0 spiro atoms. The van der Waals surface area contributed by atoms with E-state index in [1.807, 2.05) is 0 Å². The maximum Gasteiger partial charge on any atom is 0.410 e. The van der Waals surface area contributed by atoms with Crippen LogP contribution in [0.2, 0.25) is 0 Å². The van der Waals surface area contributed by atoms with Crippen LogP contribution in [0.4, 0.5) is 9.18 Å². The quantitative estimate of drug-likeness (QED) is 0.718. The number of rotatable bonds is 1. The van der Waals surface area contributed by atoms with Gasteiger partial charge in [-0.3, -0.25) is 0 Å². The van der Waals surface area contributed by atoms with Gasteiger partial charge in [0.1, 0.15) is 11.8 Å². The first kappa shape index (κ1) is 14.0. The van der Waals surface area contributed by atoms with Gasteiger partial charge in [0.25, 0.3) is 0 Å². The smallest absolute Gasteiger partial charge is 0.410 e. The van der Waals surface area contributed by atoms with Crippen molar-refractivity contribution in [3.05, 3.63) is 11.6 Å². The van der Waals surface area contributed by atoms with E-state index < -0.39 is 17.9 Å². The Balaban J connectivity index is 2.55. The summed E-state index contributed by atoms with van der Waals surface area (Å²) < 4.78 is 18.8. The minimum atomic E-state index is -1.21. The highest BCUT2D eigenvalue weighted by Gasteiger charge is 2.29. The fourth-order valence-electron chi connectivity index (χ4n) is 1.66. The van der Waals surface area contributed by atoms with Gasteiger partial charge in [0.15, 0.2) is 0 Å². The van der Waals surface area contributed by atoms with Crippen molar-refractivity contribution < 1.29 is 19.0 Å². The zero-order valence-electron chi connectivity index (χ0n) is 10.6. The Hall–Kier alpha value is -1.10. The molecule has 4 nitrogen and oxygen atoms in total. The summed E-state index contributed by atoms with van der Waals surface area (Å²) in [7, 11) is 0. The molecule has 1 heterocycles. The molecule has 1 saturated heterocycles. The van der Waals surface area contributed by atoms with Gasteiger partial charge in [-0.25, -0.2) is 9.18 Å². The number of halogens is 1. The second-order valence-corrected chi connectivity index (χ2v) is 5.11. The first-order chi connectivity index (χ1) is 7.83. The van der Waals surface area contributed by atoms with Gasteiger partial charge in [-0.15, -0.1) is 0 Å². The summed E-state index contributed by atoms with van der Waals surface area (Å²) in [5.74, 6) is 0. The van der Waals surface area contributed by atoms with Crippen LogP contribution in [0.5, 0.6) is 0 Å². The number of aliphatic hydroxyl groups excluding tert-OH is 1. The Labute approximate surface area is 101 Å². The standard InChI is InChI=1S/C12H20FNO3/c1-12(2,3)17-11(16)14-6-4-9(5-7-15)10(13)8-14/h5,10,15H,4,6-8H2,1-3H3. The lowest BCUT2D eigenvalue weighted by Crippen LogP contribution is -2.44. The molecule has 1 aliphatic rings. The second-order valence-electron chi connectivity index (χ2n) is 5.11. The molecule has 1 rings (SSSR count). The van der Waals surface area contributed by atoms with Crippen LogP contribution in [0.1, 0.15) is 27.2 Å². The number of amides is 1. The van der Waals surface area contributed by atoms with Crippen LogP contribution in [0, 0.1) is 0 Å². The number of hydrogen-bond acceptors (Lipinski definition) is 3. The molecule has 0 radical (unpaired) electrons. The number of alkyl halides is 1. The van der Waals surface area contributed by atoms with Gasteiger partial charge >= 0.3 is 6.09 Å². The Bertz CT molecular complexity index is 309. The summed E-state index contributed by atoms with van der Waals surface area (Å²) in [6, 6.07) is 0. The number of ether oxygens (including phenoxy) is 1. The van der Waals surface area contributed by atoms with Gasteiger partial charge in [0.05, 0.1) is 13.2 Å². The van der Waals surface area contributed by atoms with Crippen molar-refractivity contribution in [2.75, 3.05) is 19.7 Å². The maximum atomic E-state index is 13.6. The Morgan fingerprint density at radius 2 is 2.29 bits per heavy atom. The number of likely N-dealkylation sites (tertiary alicyclic amines) is 1. The molecule has 1 N–H and O–H groups in total. The highest BCUT2D eigenvalue weighted by atomic mass is 19.1. The second kappa shape index (κ2) is 5.49. The van der Waals surface area contributed by atoms with E-state index in [0.717, 1.165) is 0 Å². The third-order valence-electron chi connectivity index (χ3n) is 2.46. The van der Waals surface area contributed by atoms with Gasteiger partial charge in [0, 0.05) is 6.54 Å². The van der Waals surface area contributed by atoms with Gasteiger partial charge < -0.3 is 14.7 Å². The minimum Gasteiger partial charge on any atom is -0.444 e. The number of carbonyl (C=O) groups excluding carboxylic acids is 1. The molecular weight excluding hydrogens is 225 g/mol. The van der Waals surface area contributed by atoms with Crippen molar-refractivity contribution in [1.29, 1.82) is 0 Å². The highest BCUT2D eigenvalue weighted by Crippen LogP contribution is 2.21. The summed E-state index contributed by atoms with van der Waals surface area (Å²) in [6.45, 7) is 5.60. The van der Waals surface area contributed by atoms with Crippen molar-refractivity contribution in [3.8, 4) is 0 Å². The molecule has 0 aromatic heterocycles. The zero-order chi connectivity index (χ0) is 13.1.